The van der Waals surface area contributed by atoms with Crippen molar-refractivity contribution in [2.75, 3.05) is 26.8 Å². The van der Waals surface area contributed by atoms with E-state index in [2.05, 4.69) is 5.32 Å². The molecule has 0 amide bonds. The number of nitrogens with one attached hydrogen (secondary N) is 1. The van der Waals surface area contributed by atoms with Gasteiger partial charge in [0.05, 0.1) is 17.9 Å². The predicted molar refractivity (Wildman–Crippen MR) is 76.4 cm³/mol. The molecule has 21 heavy (non-hydrogen) atoms. The van der Waals surface area contributed by atoms with Gasteiger partial charge < -0.3 is 15.0 Å². The molecular formula is C13H19N3O4S. The molecule has 2 atom stereocenters. The molecule has 1 unspecified atom stereocenters. The van der Waals surface area contributed by atoms with Gasteiger partial charge in [-0.2, -0.15) is 13.7 Å². The van der Waals surface area contributed by atoms with Crippen LogP contribution in [0.2, 0.25) is 0 Å². The predicted octanol–water partition coefficient (Wildman–Crippen LogP) is 0.453. The number of hydrogen-bond donors (Lipinski definition) is 2. The van der Waals surface area contributed by atoms with E-state index in [4.69, 9.17) is 4.74 Å². The second kappa shape index (κ2) is 6.47. The molecule has 7 nitrogen and oxygen atoms in total. The van der Waals surface area contributed by atoms with E-state index in [1.165, 1.54) is 6.20 Å². The summed E-state index contributed by atoms with van der Waals surface area (Å²) in [7, 11) is -2.73. The lowest BCUT2D eigenvalue weighted by molar-refractivity contribution is 0.105. The molecule has 0 aliphatic carbocycles. The average Bonchev–Trinajstić information content (AvgIpc) is 2.46. The molecule has 2 heterocycles. The van der Waals surface area contributed by atoms with Crippen molar-refractivity contribution in [1.82, 2.24) is 10.2 Å². The summed E-state index contributed by atoms with van der Waals surface area (Å²) in [6.45, 7) is 2.09. The number of dihydropyridines is 1. The Morgan fingerprint density at radius 1 is 1.62 bits per heavy atom. The molecule has 0 bridgehead atoms. The number of nitrogens with zero attached hydrogens (tertiary/aromatic N) is 2. The van der Waals surface area contributed by atoms with Gasteiger partial charge >= 0.3 is 0 Å². The van der Waals surface area contributed by atoms with Gasteiger partial charge in [-0.1, -0.05) is 0 Å². The second-order valence-electron chi connectivity index (χ2n) is 5.22. The third-order valence-electron chi connectivity index (χ3n) is 3.71. The van der Waals surface area contributed by atoms with Crippen LogP contribution in [0.15, 0.2) is 23.5 Å². The highest BCUT2D eigenvalue weighted by Gasteiger charge is 2.33. The van der Waals surface area contributed by atoms with Crippen molar-refractivity contribution >= 4 is 10.1 Å². The highest BCUT2D eigenvalue weighted by Crippen LogP contribution is 2.26. The van der Waals surface area contributed by atoms with Crippen LogP contribution < -0.4 is 5.32 Å². The zero-order chi connectivity index (χ0) is 15.5. The van der Waals surface area contributed by atoms with Crippen molar-refractivity contribution in [3.05, 3.63) is 23.5 Å². The Labute approximate surface area is 124 Å². The number of methoxy groups -OCH3 is 1. The molecule has 2 aliphatic heterocycles. The molecule has 0 saturated carbocycles. The normalized spacial score (nSPS) is 26.4. The first-order chi connectivity index (χ1) is 9.97. The Balaban J connectivity index is 2.29. The van der Waals surface area contributed by atoms with Crippen LogP contribution in [-0.2, 0) is 14.9 Å². The Hall–Kier alpha value is -1.56. The quantitative estimate of drug-likeness (QED) is 0.726. The van der Waals surface area contributed by atoms with E-state index in [-0.39, 0.29) is 5.57 Å². The van der Waals surface area contributed by atoms with Crippen LogP contribution in [0.3, 0.4) is 0 Å². The van der Waals surface area contributed by atoms with Crippen LogP contribution in [0, 0.1) is 17.2 Å². The van der Waals surface area contributed by atoms with Crippen LogP contribution >= 0.6 is 0 Å². The monoisotopic (exact) mass is 313 g/mol. The molecule has 0 aromatic rings. The summed E-state index contributed by atoms with van der Waals surface area (Å²) < 4.78 is 37.2. The maximum absolute atomic E-state index is 11.4. The minimum absolute atomic E-state index is 0.0260. The highest BCUT2D eigenvalue weighted by molar-refractivity contribution is 7.86. The summed E-state index contributed by atoms with van der Waals surface area (Å²) in [6, 6.07) is 1.91. The number of rotatable bonds is 4. The molecule has 0 spiro atoms. The Bertz CT molecular complexity index is 589. The third kappa shape index (κ3) is 3.56. The number of ether oxygens (including phenoxy) is 1. The van der Waals surface area contributed by atoms with Crippen molar-refractivity contribution < 1.29 is 17.7 Å². The SMILES string of the molecule is COC[C@H]1CCCN(C2=C(C#N)C(S(=O)(=O)O)NC=C2)C1. The van der Waals surface area contributed by atoms with Gasteiger partial charge in [0.15, 0.2) is 5.37 Å². The van der Waals surface area contributed by atoms with Crippen molar-refractivity contribution in [2.45, 2.75) is 18.2 Å². The van der Waals surface area contributed by atoms with Gasteiger partial charge in [-0.05, 0) is 31.0 Å². The van der Waals surface area contributed by atoms with Gasteiger partial charge in [0.2, 0.25) is 0 Å². The fourth-order valence-electron chi connectivity index (χ4n) is 2.80. The Kier molecular flexibility index (Phi) is 4.88. The van der Waals surface area contributed by atoms with Crippen molar-refractivity contribution in [3.8, 4) is 6.07 Å². The summed E-state index contributed by atoms with van der Waals surface area (Å²) in [5, 5.41) is 10.4. The fourth-order valence-corrected chi connectivity index (χ4v) is 3.53. The first-order valence-corrected chi connectivity index (χ1v) is 8.24. The maximum Gasteiger partial charge on any atom is 0.291 e. The molecule has 1 saturated heterocycles. The largest absolute Gasteiger partial charge is 0.384 e. The van der Waals surface area contributed by atoms with Gasteiger partial charge in [0.25, 0.3) is 10.1 Å². The number of nitriles is 1. The lowest BCUT2D eigenvalue weighted by Gasteiger charge is -2.36. The zero-order valence-electron chi connectivity index (χ0n) is 11.8. The highest BCUT2D eigenvalue weighted by atomic mass is 32.2. The summed E-state index contributed by atoms with van der Waals surface area (Å²) in [5.41, 5.74) is 0.581. The smallest absolute Gasteiger partial charge is 0.291 e. The number of likely N-dealkylation sites (tertiary alicyclic amines) is 1. The molecule has 1 fully saturated rings. The van der Waals surface area contributed by atoms with Crippen molar-refractivity contribution in [2.24, 2.45) is 5.92 Å². The molecule has 2 N–H and O–H groups in total. The van der Waals surface area contributed by atoms with Crippen LogP contribution in [0.25, 0.3) is 0 Å². The second-order valence-corrected chi connectivity index (χ2v) is 6.72. The first kappa shape index (κ1) is 15.8. The van der Waals surface area contributed by atoms with Crippen molar-refractivity contribution in [3.63, 3.8) is 0 Å². The maximum atomic E-state index is 11.4. The van der Waals surface area contributed by atoms with Gasteiger partial charge in [0, 0.05) is 20.2 Å². The van der Waals surface area contributed by atoms with E-state index in [0.717, 1.165) is 19.4 Å². The van der Waals surface area contributed by atoms with Gasteiger partial charge in [-0.15, -0.1) is 0 Å². The van der Waals surface area contributed by atoms with Gasteiger partial charge in [-0.3, -0.25) is 4.55 Å². The average molecular weight is 313 g/mol. The molecule has 0 aromatic carbocycles. The summed E-state index contributed by atoms with van der Waals surface area (Å²) in [5.74, 6) is 0.351. The molecule has 116 valence electrons. The van der Waals surface area contributed by atoms with Crippen LogP contribution in [0.5, 0.6) is 0 Å². The summed E-state index contributed by atoms with van der Waals surface area (Å²) in [6.07, 6.45) is 5.13. The molecule has 8 heteroatoms. The topological polar surface area (TPSA) is 103 Å². The molecular weight excluding hydrogens is 294 g/mol. The zero-order valence-corrected chi connectivity index (χ0v) is 12.6. The van der Waals surface area contributed by atoms with Crippen LogP contribution in [0.1, 0.15) is 12.8 Å². The van der Waals surface area contributed by atoms with E-state index < -0.39 is 15.5 Å². The lowest BCUT2D eigenvalue weighted by atomic mass is 9.97. The Morgan fingerprint density at radius 3 is 3.00 bits per heavy atom. The van der Waals surface area contributed by atoms with E-state index in [1.807, 2.05) is 11.0 Å². The minimum atomic E-state index is -4.38. The van der Waals surface area contributed by atoms with E-state index >= 15 is 0 Å². The van der Waals surface area contributed by atoms with Crippen molar-refractivity contribution in [1.29, 1.82) is 5.26 Å². The molecule has 0 radical (unpaired) electrons. The van der Waals surface area contributed by atoms with Crippen LogP contribution in [0.4, 0.5) is 0 Å². The van der Waals surface area contributed by atoms with E-state index in [1.54, 1.807) is 13.2 Å². The fraction of sp³-hybridized carbons (Fsp3) is 0.615. The molecule has 2 rings (SSSR count). The van der Waals surface area contributed by atoms with Gasteiger partial charge in [-0.25, -0.2) is 0 Å². The lowest BCUT2D eigenvalue weighted by Crippen LogP contribution is -2.42. The third-order valence-corrected chi connectivity index (χ3v) is 4.67. The summed E-state index contributed by atoms with van der Waals surface area (Å²) >= 11 is 0. The number of hydrogen-bond acceptors (Lipinski definition) is 6. The van der Waals surface area contributed by atoms with E-state index in [0.29, 0.717) is 24.8 Å². The first-order valence-electron chi connectivity index (χ1n) is 6.74. The van der Waals surface area contributed by atoms with Gasteiger partial charge in [0.1, 0.15) is 6.07 Å². The minimum Gasteiger partial charge on any atom is -0.384 e. The van der Waals surface area contributed by atoms with Crippen LogP contribution in [-0.4, -0.2) is 50.1 Å². The standard InChI is InChI=1S/C13H19N3O4S/c1-20-9-10-3-2-6-16(8-10)12-4-5-15-13(11(12)7-14)21(17,18)19/h4-5,10,13,15H,2-3,6,8-9H2,1H3,(H,17,18,19)/t10-,13?/m0/s1. The Morgan fingerprint density at radius 2 is 2.38 bits per heavy atom. The number of allylic oxidation sites excluding steroid dienone is 1. The molecule has 2 aliphatic rings. The number of piperidine rings is 1. The molecule has 0 aromatic heterocycles. The van der Waals surface area contributed by atoms with E-state index in [9.17, 15) is 18.2 Å². The summed E-state index contributed by atoms with van der Waals surface area (Å²) in [4.78, 5) is 1.99.